The van der Waals surface area contributed by atoms with Gasteiger partial charge in [-0.1, -0.05) is 6.92 Å². The number of aromatic nitrogens is 5. The monoisotopic (exact) mass is 405 g/mol. The lowest BCUT2D eigenvalue weighted by Gasteiger charge is -2.08. The number of oxazole rings is 1. The predicted molar refractivity (Wildman–Crippen MR) is 105 cm³/mol. The number of halogens is 1. The summed E-state index contributed by atoms with van der Waals surface area (Å²) in [6, 6.07) is 9.79. The number of benzene rings is 1. The molecule has 150 valence electrons. The molecule has 0 bridgehead atoms. The molecule has 0 aliphatic carbocycles. The number of pyridine rings is 1. The number of rotatable bonds is 5. The SMILES string of the molecule is C[C@H](Cc1nnc2ccc(-c3c(-c4ccc(F)cc4)nc4occn34)cn12)C(=O)O. The molecule has 4 aromatic heterocycles. The highest BCUT2D eigenvalue weighted by atomic mass is 19.1. The summed E-state index contributed by atoms with van der Waals surface area (Å²) < 4.78 is 22.5. The third kappa shape index (κ3) is 2.91. The molecule has 9 heteroatoms. The van der Waals surface area contributed by atoms with Gasteiger partial charge in [0, 0.05) is 29.9 Å². The molecule has 0 radical (unpaired) electrons. The van der Waals surface area contributed by atoms with E-state index in [-0.39, 0.29) is 12.2 Å². The molecular weight excluding hydrogens is 389 g/mol. The van der Waals surface area contributed by atoms with Gasteiger partial charge < -0.3 is 9.52 Å². The van der Waals surface area contributed by atoms with Crippen LogP contribution in [0.15, 0.2) is 59.5 Å². The summed E-state index contributed by atoms with van der Waals surface area (Å²) in [6.45, 7) is 1.63. The zero-order valence-corrected chi connectivity index (χ0v) is 15.9. The lowest BCUT2D eigenvalue weighted by atomic mass is 10.1. The van der Waals surface area contributed by atoms with Gasteiger partial charge in [-0.2, -0.15) is 4.98 Å². The predicted octanol–water partition coefficient (Wildman–Crippen LogP) is 3.71. The maximum Gasteiger partial charge on any atom is 0.306 e. The van der Waals surface area contributed by atoms with E-state index in [2.05, 4.69) is 15.2 Å². The second kappa shape index (κ2) is 6.80. The lowest BCUT2D eigenvalue weighted by molar-refractivity contribution is -0.141. The van der Waals surface area contributed by atoms with Gasteiger partial charge in [-0.3, -0.25) is 13.6 Å². The molecule has 1 aromatic carbocycles. The van der Waals surface area contributed by atoms with Crippen LogP contribution in [0.5, 0.6) is 0 Å². The van der Waals surface area contributed by atoms with Gasteiger partial charge in [0.25, 0.3) is 0 Å². The highest BCUT2D eigenvalue weighted by molar-refractivity contribution is 5.81. The molecule has 30 heavy (non-hydrogen) atoms. The molecule has 0 saturated heterocycles. The Morgan fingerprint density at radius 3 is 2.67 bits per heavy atom. The minimum Gasteiger partial charge on any atom is -0.481 e. The molecule has 1 N–H and O–H groups in total. The summed E-state index contributed by atoms with van der Waals surface area (Å²) in [6.07, 6.45) is 5.40. The number of carboxylic acids is 1. The summed E-state index contributed by atoms with van der Waals surface area (Å²) in [5.74, 6) is -0.846. The van der Waals surface area contributed by atoms with Crippen LogP contribution in [0.1, 0.15) is 12.7 Å². The van der Waals surface area contributed by atoms with E-state index in [1.807, 2.05) is 22.7 Å². The number of nitrogens with zero attached hydrogens (tertiary/aromatic N) is 5. The molecule has 0 amide bonds. The van der Waals surface area contributed by atoms with Crippen LogP contribution < -0.4 is 0 Å². The Labute approximate surface area is 169 Å². The number of fused-ring (bicyclic) bond motifs is 2. The summed E-state index contributed by atoms with van der Waals surface area (Å²) in [7, 11) is 0. The van der Waals surface area contributed by atoms with E-state index < -0.39 is 11.9 Å². The van der Waals surface area contributed by atoms with E-state index in [1.54, 1.807) is 29.7 Å². The fourth-order valence-electron chi connectivity index (χ4n) is 3.45. The summed E-state index contributed by atoms with van der Waals surface area (Å²) in [5.41, 5.74) is 3.57. The van der Waals surface area contributed by atoms with E-state index in [4.69, 9.17) is 4.42 Å². The normalized spacial score (nSPS) is 12.6. The van der Waals surface area contributed by atoms with E-state index in [0.717, 1.165) is 16.8 Å². The maximum atomic E-state index is 13.4. The second-order valence-corrected chi connectivity index (χ2v) is 7.08. The first kappa shape index (κ1) is 18.0. The molecule has 0 aliphatic heterocycles. The van der Waals surface area contributed by atoms with Gasteiger partial charge in [0.15, 0.2) is 5.65 Å². The van der Waals surface area contributed by atoms with Crippen molar-refractivity contribution in [1.29, 1.82) is 0 Å². The minimum absolute atomic E-state index is 0.248. The Morgan fingerprint density at radius 2 is 1.90 bits per heavy atom. The van der Waals surface area contributed by atoms with E-state index >= 15 is 0 Å². The van der Waals surface area contributed by atoms with Crippen LogP contribution in [0.25, 0.3) is 34.0 Å². The Hall–Kier alpha value is -4.01. The number of hydrogen-bond donors (Lipinski definition) is 1. The molecule has 0 spiro atoms. The molecule has 1 atom stereocenters. The number of hydrogen-bond acceptors (Lipinski definition) is 5. The Morgan fingerprint density at radius 1 is 1.13 bits per heavy atom. The van der Waals surface area contributed by atoms with Crippen LogP contribution in [0.2, 0.25) is 0 Å². The molecule has 0 unspecified atom stereocenters. The summed E-state index contributed by atoms with van der Waals surface area (Å²) in [5, 5.41) is 17.5. The van der Waals surface area contributed by atoms with Crippen molar-refractivity contribution in [3.05, 3.63) is 66.7 Å². The average molecular weight is 405 g/mol. The van der Waals surface area contributed by atoms with Crippen molar-refractivity contribution in [2.24, 2.45) is 5.92 Å². The van der Waals surface area contributed by atoms with Crippen LogP contribution >= 0.6 is 0 Å². The van der Waals surface area contributed by atoms with Crippen molar-refractivity contribution in [3.8, 4) is 22.5 Å². The van der Waals surface area contributed by atoms with Gasteiger partial charge in [0.2, 0.25) is 0 Å². The highest BCUT2D eigenvalue weighted by Crippen LogP contribution is 2.33. The fourth-order valence-corrected chi connectivity index (χ4v) is 3.45. The van der Waals surface area contributed by atoms with E-state index in [9.17, 15) is 14.3 Å². The molecule has 0 saturated carbocycles. The van der Waals surface area contributed by atoms with Crippen LogP contribution in [0.3, 0.4) is 0 Å². The molecule has 0 fully saturated rings. The van der Waals surface area contributed by atoms with Gasteiger partial charge >= 0.3 is 11.8 Å². The van der Waals surface area contributed by atoms with Crippen molar-refractivity contribution in [2.45, 2.75) is 13.3 Å². The van der Waals surface area contributed by atoms with Crippen LogP contribution in [-0.4, -0.2) is 35.1 Å². The smallest absolute Gasteiger partial charge is 0.306 e. The van der Waals surface area contributed by atoms with E-state index in [1.165, 1.54) is 18.4 Å². The molecule has 5 aromatic rings. The Kier molecular flexibility index (Phi) is 4.09. The molecule has 5 rings (SSSR count). The number of imidazole rings is 1. The quantitative estimate of drug-likeness (QED) is 0.479. The lowest BCUT2D eigenvalue weighted by Crippen LogP contribution is -2.14. The van der Waals surface area contributed by atoms with Crippen molar-refractivity contribution in [3.63, 3.8) is 0 Å². The Bertz CT molecular complexity index is 1380. The first-order valence-electron chi connectivity index (χ1n) is 9.29. The number of carboxylic acid groups (broad SMARTS) is 1. The molecule has 8 nitrogen and oxygen atoms in total. The first-order valence-corrected chi connectivity index (χ1v) is 9.29. The van der Waals surface area contributed by atoms with Crippen molar-refractivity contribution in [1.82, 2.24) is 24.0 Å². The largest absolute Gasteiger partial charge is 0.481 e. The van der Waals surface area contributed by atoms with Gasteiger partial charge in [-0.25, -0.2) is 4.39 Å². The van der Waals surface area contributed by atoms with Crippen molar-refractivity contribution < 1.29 is 18.7 Å². The summed E-state index contributed by atoms with van der Waals surface area (Å²) in [4.78, 5) is 15.8. The minimum atomic E-state index is -0.891. The van der Waals surface area contributed by atoms with Crippen LogP contribution in [0.4, 0.5) is 4.39 Å². The van der Waals surface area contributed by atoms with Crippen molar-refractivity contribution >= 4 is 17.5 Å². The zero-order valence-electron chi connectivity index (χ0n) is 15.9. The van der Waals surface area contributed by atoms with Gasteiger partial charge in [-0.05, 0) is 36.4 Å². The number of carbonyl (C=O) groups is 1. The number of aliphatic carboxylic acids is 1. The summed E-state index contributed by atoms with van der Waals surface area (Å²) >= 11 is 0. The van der Waals surface area contributed by atoms with E-state index in [0.29, 0.717) is 23.0 Å². The van der Waals surface area contributed by atoms with Crippen molar-refractivity contribution in [2.75, 3.05) is 0 Å². The molecule has 4 heterocycles. The first-order chi connectivity index (χ1) is 14.5. The van der Waals surface area contributed by atoms with Crippen LogP contribution in [0, 0.1) is 11.7 Å². The zero-order chi connectivity index (χ0) is 20.8. The topological polar surface area (TPSA) is 97.9 Å². The standard InChI is InChI=1S/C21H16FN5O3/c1-12(20(28)29)10-17-25-24-16-7-4-14(11-27(16)17)19-18(13-2-5-15(22)6-3-13)23-21-26(19)8-9-30-21/h2-9,11-12H,10H2,1H3,(H,28,29)/t12-/m1/s1. The van der Waals surface area contributed by atoms with Gasteiger partial charge in [0.05, 0.1) is 11.6 Å². The van der Waals surface area contributed by atoms with Gasteiger partial charge in [-0.15, -0.1) is 10.2 Å². The highest BCUT2D eigenvalue weighted by Gasteiger charge is 2.20. The third-order valence-electron chi connectivity index (χ3n) is 5.04. The Balaban J connectivity index is 1.68. The second-order valence-electron chi connectivity index (χ2n) is 7.08. The fraction of sp³-hybridized carbons (Fsp3) is 0.143. The molecular formula is C21H16FN5O3. The maximum absolute atomic E-state index is 13.4. The van der Waals surface area contributed by atoms with Crippen LogP contribution in [-0.2, 0) is 11.2 Å². The third-order valence-corrected chi connectivity index (χ3v) is 5.04. The van der Waals surface area contributed by atoms with Gasteiger partial charge in [0.1, 0.15) is 23.6 Å². The molecule has 0 aliphatic rings. The average Bonchev–Trinajstić information content (AvgIpc) is 3.43.